The van der Waals surface area contributed by atoms with Crippen LogP contribution in [0, 0.1) is 10.8 Å². The molecule has 0 aromatic heterocycles. The number of aliphatic hydroxyl groups excluding tert-OH is 1. The lowest BCUT2D eigenvalue weighted by Crippen LogP contribution is -2.34. The molecule has 1 fully saturated rings. The second-order valence-electron chi connectivity index (χ2n) is 12.7. The van der Waals surface area contributed by atoms with Crippen molar-refractivity contribution in [3.63, 3.8) is 0 Å². The van der Waals surface area contributed by atoms with Crippen LogP contribution in [0.3, 0.4) is 0 Å². The molecule has 0 radical (unpaired) electrons. The van der Waals surface area contributed by atoms with E-state index < -0.39 is 0 Å². The predicted molar refractivity (Wildman–Crippen MR) is 179 cm³/mol. The van der Waals surface area contributed by atoms with Crippen molar-refractivity contribution < 1.29 is 52.5 Å². The Hall–Kier alpha value is -0.440. The van der Waals surface area contributed by atoms with Crippen molar-refractivity contribution in [2.45, 2.75) is 78.6 Å². The van der Waals surface area contributed by atoms with Crippen LogP contribution in [0.2, 0.25) is 0 Å². The smallest absolute Gasteiger partial charge is 0.0701 e. The average molecular weight is 667 g/mol. The molecule has 1 unspecified atom stereocenters. The molecule has 46 heavy (non-hydrogen) atoms. The molecule has 0 aliphatic heterocycles. The molecular formula is C35H70O11. The summed E-state index contributed by atoms with van der Waals surface area (Å²) in [5, 5.41) is 8.59. The largest absolute Gasteiger partial charge is 0.394 e. The molecule has 276 valence electrons. The van der Waals surface area contributed by atoms with Gasteiger partial charge in [-0.25, -0.2) is 0 Å². The lowest BCUT2D eigenvalue weighted by Gasteiger charge is -2.44. The van der Waals surface area contributed by atoms with E-state index in [1.165, 1.54) is 51.4 Å². The number of rotatable bonds is 35. The zero-order valence-corrected chi connectivity index (χ0v) is 29.7. The molecule has 0 aromatic rings. The third-order valence-corrected chi connectivity index (χ3v) is 8.77. The van der Waals surface area contributed by atoms with E-state index in [1.54, 1.807) is 0 Å². The van der Waals surface area contributed by atoms with Gasteiger partial charge in [-0.05, 0) is 36.5 Å². The third kappa shape index (κ3) is 25.6. The first-order valence-electron chi connectivity index (χ1n) is 17.9. The molecule has 1 aliphatic rings. The molecule has 0 bridgehead atoms. The van der Waals surface area contributed by atoms with Crippen LogP contribution in [0.4, 0.5) is 0 Å². The molecule has 1 atom stereocenters. The van der Waals surface area contributed by atoms with Crippen molar-refractivity contribution in [1.29, 1.82) is 0 Å². The van der Waals surface area contributed by atoms with Gasteiger partial charge < -0.3 is 52.5 Å². The maximum atomic E-state index is 8.59. The van der Waals surface area contributed by atoms with Crippen molar-refractivity contribution in [3.05, 3.63) is 0 Å². The zero-order chi connectivity index (χ0) is 33.3. The van der Waals surface area contributed by atoms with Crippen LogP contribution in [0.1, 0.15) is 78.6 Å². The van der Waals surface area contributed by atoms with Gasteiger partial charge in [-0.1, -0.05) is 52.9 Å². The van der Waals surface area contributed by atoms with Gasteiger partial charge in [-0.3, -0.25) is 0 Å². The SMILES string of the molecule is CC1(C)CCCCCC1(C)CCCCCOCCOCCOCCOCCOCCOCCOCCOCCOCCOCCO. The zero-order valence-electron chi connectivity index (χ0n) is 29.7. The van der Waals surface area contributed by atoms with E-state index >= 15 is 0 Å². The van der Waals surface area contributed by atoms with Crippen molar-refractivity contribution in [2.75, 3.05) is 139 Å². The Balaban J connectivity index is 1.68. The number of hydrogen-bond donors (Lipinski definition) is 1. The second kappa shape index (κ2) is 31.8. The maximum absolute atomic E-state index is 8.59. The highest BCUT2D eigenvalue weighted by atomic mass is 16.6. The highest BCUT2D eigenvalue weighted by Crippen LogP contribution is 2.51. The molecule has 1 N–H and O–H groups in total. The van der Waals surface area contributed by atoms with Gasteiger partial charge in [0.05, 0.1) is 132 Å². The fraction of sp³-hybridized carbons (Fsp3) is 1.00. The van der Waals surface area contributed by atoms with Gasteiger partial charge in [-0.2, -0.15) is 0 Å². The Morgan fingerprint density at radius 3 is 1.07 bits per heavy atom. The summed E-state index contributed by atoms with van der Waals surface area (Å²) < 4.78 is 54.7. The van der Waals surface area contributed by atoms with Crippen LogP contribution < -0.4 is 0 Å². The predicted octanol–water partition coefficient (Wildman–Crippen LogP) is 4.70. The summed E-state index contributed by atoms with van der Waals surface area (Å²) in [6, 6.07) is 0. The van der Waals surface area contributed by atoms with E-state index in [4.69, 9.17) is 52.5 Å². The molecule has 1 saturated carbocycles. The van der Waals surface area contributed by atoms with E-state index in [1.807, 2.05) is 0 Å². The monoisotopic (exact) mass is 666 g/mol. The highest BCUT2D eigenvalue weighted by Gasteiger charge is 2.40. The first-order valence-corrected chi connectivity index (χ1v) is 17.9. The minimum atomic E-state index is 0.0299. The Kier molecular flexibility index (Phi) is 30.1. The molecule has 11 nitrogen and oxygen atoms in total. The lowest BCUT2D eigenvalue weighted by atomic mass is 9.61. The molecule has 0 aromatic carbocycles. The molecule has 1 rings (SSSR count). The van der Waals surface area contributed by atoms with E-state index in [-0.39, 0.29) is 6.61 Å². The van der Waals surface area contributed by atoms with Crippen LogP contribution in [0.25, 0.3) is 0 Å². The minimum Gasteiger partial charge on any atom is -0.394 e. The number of unbranched alkanes of at least 4 members (excludes halogenated alkanes) is 2. The Bertz CT molecular complexity index is 625. The molecule has 1 aliphatic carbocycles. The van der Waals surface area contributed by atoms with E-state index in [0.717, 1.165) is 13.0 Å². The Morgan fingerprint density at radius 1 is 0.370 bits per heavy atom. The number of aliphatic hydroxyl groups is 1. The Morgan fingerprint density at radius 2 is 0.696 bits per heavy atom. The molecule has 0 saturated heterocycles. The van der Waals surface area contributed by atoms with Crippen molar-refractivity contribution in [1.82, 2.24) is 0 Å². The fourth-order valence-electron chi connectivity index (χ4n) is 5.40. The summed E-state index contributed by atoms with van der Waals surface area (Å²) in [7, 11) is 0. The van der Waals surface area contributed by atoms with Crippen LogP contribution in [-0.4, -0.2) is 144 Å². The van der Waals surface area contributed by atoms with Crippen molar-refractivity contribution >= 4 is 0 Å². The molecule has 0 heterocycles. The standard InChI is InChI=1S/C35H70O11/c1-34(2)10-6-4-7-11-35(34,3)12-8-5-9-14-37-16-18-39-20-22-41-24-26-43-28-30-45-32-33-46-31-29-44-27-25-42-23-21-40-19-17-38-15-13-36/h36H,4-33H2,1-3H3. The van der Waals surface area contributed by atoms with Crippen LogP contribution in [0.15, 0.2) is 0 Å². The van der Waals surface area contributed by atoms with Crippen LogP contribution in [0.5, 0.6) is 0 Å². The summed E-state index contributed by atoms with van der Waals surface area (Å²) in [5.74, 6) is 0. The van der Waals surface area contributed by atoms with Gasteiger partial charge in [0.2, 0.25) is 0 Å². The summed E-state index contributed by atoms with van der Waals surface area (Å²) in [6.45, 7) is 18.3. The van der Waals surface area contributed by atoms with Crippen LogP contribution >= 0.6 is 0 Å². The number of hydrogen-bond acceptors (Lipinski definition) is 11. The van der Waals surface area contributed by atoms with E-state index in [0.29, 0.717) is 136 Å². The average Bonchev–Trinajstić information content (AvgIpc) is 3.17. The minimum absolute atomic E-state index is 0.0299. The van der Waals surface area contributed by atoms with Crippen molar-refractivity contribution in [2.24, 2.45) is 10.8 Å². The summed E-state index contributed by atoms with van der Waals surface area (Å²) in [6.07, 6.45) is 12.0. The maximum Gasteiger partial charge on any atom is 0.0701 e. The third-order valence-electron chi connectivity index (χ3n) is 8.77. The normalized spacial score (nSPS) is 18.3. The molecule has 0 amide bonds. The highest BCUT2D eigenvalue weighted by molar-refractivity contribution is 4.91. The first-order chi connectivity index (χ1) is 22.5. The summed E-state index contributed by atoms with van der Waals surface area (Å²) in [4.78, 5) is 0. The summed E-state index contributed by atoms with van der Waals surface area (Å²) in [5.41, 5.74) is 0.953. The van der Waals surface area contributed by atoms with Gasteiger partial charge >= 0.3 is 0 Å². The first kappa shape index (κ1) is 43.6. The lowest BCUT2D eigenvalue weighted by molar-refractivity contribution is -0.0268. The van der Waals surface area contributed by atoms with Gasteiger partial charge in [-0.15, -0.1) is 0 Å². The van der Waals surface area contributed by atoms with Gasteiger partial charge in [0.1, 0.15) is 0 Å². The Labute approximate surface area is 280 Å². The molecule has 0 spiro atoms. The van der Waals surface area contributed by atoms with E-state index in [9.17, 15) is 0 Å². The molecule has 11 heteroatoms. The fourth-order valence-corrected chi connectivity index (χ4v) is 5.40. The quantitative estimate of drug-likeness (QED) is 0.0751. The van der Waals surface area contributed by atoms with E-state index in [2.05, 4.69) is 20.8 Å². The second-order valence-corrected chi connectivity index (χ2v) is 12.7. The van der Waals surface area contributed by atoms with Crippen LogP contribution in [-0.2, 0) is 47.4 Å². The van der Waals surface area contributed by atoms with Gasteiger partial charge in [0.15, 0.2) is 0 Å². The van der Waals surface area contributed by atoms with Gasteiger partial charge in [0, 0.05) is 6.61 Å². The summed E-state index contributed by atoms with van der Waals surface area (Å²) >= 11 is 0. The van der Waals surface area contributed by atoms with Crippen molar-refractivity contribution in [3.8, 4) is 0 Å². The molecular weight excluding hydrogens is 596 g/mol. The number of ether oxygens (including phenoxy) is 10. The van der Waals surface area contributed by atoms with Gasteiger partial charge in [0.25, 0.3) is 0 Å². The topological polar surface area (TPSA) is 113 Å².